The minimum absolute atomic E-state index is 0.0398. The minimum atomic E-state index is -4.25. The molecule has 1 saturated carbocycles. The highest BCUT2D eigenvalue weighted by Crippen LogP contribution is 2.49. The highest BCUT2D eigenvalue weighted by molar-refractivity contribution is 7.53. The molecule has 3 fully saturated rings. The third-order valence-electron chi connectivity index (χ3n) is 10.1. The number of aromatic nitrogens is 2. The molecule has 2 aromatic rings. The van der Waals surface area contributed by atoms with Crippen molar-refractivity contribution in [3.8, 4) is 6.07 Å². The molecule has 0 unspecified atom stereocenters. The predicted molar refractivity (Wildman–Crippen MR) is 204 cm³/mol. The number of carbonyl (C=O) groups is 2. The maximum absolute atomic E-state index is 14.0. The number of nitrogens with zero attached hydrogens (tertiary/aromatic N) is 3. The van der Waals surface area contributed by atoms with Crippen LogP contribution in [0.2, 0.25) is 5.15 Å². The van der Waals surface area contributed by atoms with Gasteiger partial charge in [-0.25, -0.2) is 4.98 Å². The van der Waals surface area contributed by atoms with E-state index >= 15 is 0 Å². The summed E-state index contributed by atoms with van der Waals surface area (Å²) in [6, 6.07) is 4.28. The van der Waals surface area contributed by atoms with Crippen molar-refractivity contribution >= 4 is 47.9 Å². The maximum atomic E-state index is 14.0. The first kappa shape index (κ1) is 43.4. The molecule has 0 bridgehead atoms. The molecule has 6 rings (SSSR count). The van der Waals surface area contributed by atoms with E-state index in [1.54, 1.807) is 64.5 Å². The van der Waals surface area contributed by atoms with E-state index in [9.17, 15) is 19.4 Å². The topological polar surface area (TPSA) is 197 Å². The largest absolute Gasteiger partial charge is 0.437 e. The smallest absolute Gasteiger partial charge is 0.361 e. The van der Waals surface area contributed by atoms with Crippen molar-refractivity contribution in [2.75, 3.05) is 58.3 Å². The van der Waals surface area contributed by atoms with Crippen LogP contribution >= 0.6 is 19.2 Å². The Balaban J connectivity index is 1.17. The van der Waals surface area contributed by atoms with Gasteiger partial charge in [-0.1, -0.05) is 36.6 Å². The average Bonchev–Trinajstić information content (AvgIpc) is 3.94. The van der Waals surface area contributed by atoms with E-state index in [-0.39, 0.29) is 49.8 Å². The molecule has 19 heteroatoms. The number of ether oxygens (including phenoxy) is 8. The molecule has 1 aliphatic carbocycles. The quantitative estimate of drug-likeness (QED) is 0.143. The number of esters is 2. The van der Waals surface area contributed by atoms with Crippen molar-refractivity contribution in [2.24, 2.45) is 10.8 Å². The molecule has 1 N–H and O–H groups in total. The van der Waals surface area contributed by atoms with Gasteiger partial charge < -0.3 is 47.8 Å². The van der Waals surface area contributed by atoms with Gasteiger partial charge in [0, 0.05) is 17.6 Å². The van der Waals surface area contributed by atoms with Gasteiger partial charge in [0.1, 0.15) is 41.9 Å². The van der Waals surface area contributed by atoms with Crippen LogP contribution in [0.1, 0.15) is 79.0 Å². The van der Waals surface area contributed by atoms with E-state index in [2.05, 4.69) is 16.4 Å². The van der Waals surface area contributed by atoms with E-state index in [0.29, 0.717) is 16.7 Å². The Morgan fingerprint density at radius 2 is 1.56 bits per heavy atom. The first-order valence-corrected chi connectivity index (χ1v) is 21.1. The van der Waals surface area contributed by atoms with Crippen molar-refractivity contribution in [1.82, 2.24) is 9.55 Å². The standard InChI is InChI=1S/C38H52ClN4O13P/c1-36(2)19-47-15-9-10-16-48-20-37(3,4)35(45)51-22-53-57(46,52-21-50-34(36)44)23-49-18-27-29-30(56-38(5,6)55-29)33(54-27)43-14-13-25-28(41-24-11-7-8-12-24)26(17-40)31(39)42-32(25)43/h9-10,13-14,24,27,29-30,33H,7-8,11-12,15-16,18-23H2,1-6H3,(H,41,42)/b10-9-/t27-,29-,30-,33-/m1/s1. The van der Waals surface area contributed by atoms with Gasteiger partial charge in [-0.3, -0.25) is 23.2 Å². The van der Waals surface area contributed by atoms with Gasteiger partial charge in [0.05, 0.1) is 49.6 Å². The summed E-state index contributed by atoms with van der Waals surface area (Å²) < 4.78 is 73.6. The molecule has 57 heavy (non-hydrogen) atoms. The van der Waals surface area contributed by atoms with Crippen molar-refractivity contribution in [1.29, 1.82) is 5.26 Å². The summed E-state index contributed by atoms with van der Waals surface area (Å²) in [4.78, 5) is 30.4. The third kappa shape index (κ3) is 10.4. The molecule has 0 radical (unpaired) electrons. The molecule has 4 aliphatic rings. The minimum Gasteiger partial charge on any atom is -0.437 e. The number of rotatable bonds is 7. The van der Waals surface area contributed by atoms with Gasteiger partial charge in [0.15, 0.2) is 17.2 Å². The summed E-state index contributed by atoms with van der Waals surface area (Å²) in [5.74, 6) is -2.30. The number of halogens is 1. The molecule has 2 saturated heterocycles. The molecular formula is C38H52ClN4O13P. The number of cyclic esters (lactones) is 2. The van der Waals surface area contributed by atoms with Crippen LogP contribution < -0.4 is 5.32 Å². The average molecular weight is 839 g/mol. The normalized spacial score (nSPS) is 29.0. The molecular weight excluding hydrogens is 787 g/mol. The molecule has 0 spiro atoms. The van der Waals surface area contributed by atoms with Gasteiger partial charge in [-0.2, -0.15) is 5.26 Å². The summed E-state index contributed by atoms with van der Waals surface area (Å²) in [7, 11) is -4.25. The van der Waals surface area contributed by atoms with E-state index < -0.39 is 80.6 Å². The second-order valence-corrected chi connectivity index (χ2v) is 18.6. The third-order valence-corrected chi connectivity index (χ3v) is 11.8. The zero-order valence-electron chi connectivity index (χ0n) is 33.2. The summed E-state index contributed by atoms with van der Waals surface area (Å²) in [5, 5.41) is 14.3. The van der Waals surface area contributed by atoms with Crippen molar-refractivity contribution in [3.63, 3.8) is 0 Å². The van der Waals surface area contributed by atoms with Crippen molar-refractivity contribution in [3.05, 3.63) is 35.1 Å². The lowest BCUT2D eigenvalue weighted by Gasteiger charge is -2.26. The van der Waals surface area contributed by atoms with E-state index in [1.165, 1.54) is 0 Å². The lowest BCUT2D eigenvalue weighted by molar-refractivity contribution is -0.201. The molecule has 5 heterocycles. The summed E-state index contributed by atoms with van der Waals surface area (Å²) in [6.45, 7) is 9.02. The number of fused-ring (bicyclic) bond motifs is 2. The highest BCUT2D eigenvalue weighted by Gasteiger charge is 2.56. The molecule has 2 aromatic heterocycles. The van der Waals surface area contributed by atoms with Gasteiger partial charge in [0.25, 0.3) is 0 Å². The number of pyridine rings is 1. The van der Waals surface area contributed by atoms with Gasteiger partial charge in [-0.05, 0) is 60.5 Å². The Bertz CT molecular complexity index is 1840. The van der Waals surface area contributed by atoms with Crippen LogP contribution in [0.5, 0.6) is 0 Å². The summed E-state index contributed by atoms with van der Waals surface area (Å²) in [6.07, 6.45) is 6.10. The number of hydrogen-bond acceptors (Lipinski definition) is 16. The van der Waals surface area contributed by atoms with E-state index in [1.807, 2.05) is 6.07 Å². The van der Waals surface area contributed by atoms with Crippen molar-refractivity contribution in [2.45, 2.75) is 104 Å². The number of nitriles is 1. The van der Waals surface area contributed by atoms with Crippen LogP contribution in [0, 0.1) is 22.2 Å². The van der Waals surface area contributed by atoms with Crippen LogP contribution in [0.25, 0.3) is 11.0 Å². The second kappa shape index (κ2) is 18.0. The van der Waals surface area contributed by atoms with Gasteiger partial charge in [-0.15, -0.1) is 0 Å². The van der Waals surface area contributed by atoms with Gasteiger partial charge >= 0.3 is 19.5 Å². The maximum Gasteiger partial charge on any atom is 0.361 e. The number of carbonyl (C=O) groups excluding carboxylic acids is 2. The molecule has 0 amide bonds. The lowest BCUT2D eigenvalue weighted by atomic mass is 9.95. The zero-order valence-corrected chi connectivity index (χ0v) is 34.8. The fourth-order valence-corrected chi connectivity index (χ4v) is 8.21. The predicted octanol–water partition coefficient (Wildman–Crippen LogP) is 6.19. The van der Waals surface area contributed by atoms with Crippen LogP contribution in [0.4, 0.5) is 5.69 Å². The summed E-state index contributed by atoms with van der Waals surface area (Å²) >= 11 is 6.60. The SMILES string of the molecule is CC1(C)O[C@@H]2[C@H](O1)[C@@H](COCP1(=O)OCOC(=O)C(C)(C)COC/C=C\COCC(C)(C)C(=O)OCO1)O[C@H]2n1ccc2c(NC3CCCC3)c(C#N)c(Cl)nc21. The highest BCUT2D eigenvalue weighted by atomic mass is 35.5. The molecule has 314 valence electrons. The van der Waals surface area contributed by atoms with E-state index in [4.69, 9.17) is 58.5 Å². The first-order valence-electron chi connectivity index (χ1n) is 19.0. The zero-order chi connectivity index (χ0) is 41.0. The molecule has 3 aliphatic heterocycles. The monoisotopic (exact) mass is 838 g/mol. The van der Waals surface area contributed by atoms with Crippen LogP contribution in [-0.4, -0.2) is 105 Å². The Morgan fingerprint density at radius 3 is 2.16 bits per heavy atom. The first-order chi connectivity index (χ1) is 27.0. The fraction of sp³-hybridized carbons (Fsp3) is 0.684. The van der Waals surface area contributed by atoms with Crippen LogP contribution in [0.15, 0.2) is 24.4 Å². The number of nitrogens with one attached hydrogen (secondary N) is 1. The van der Waals surface area contributed by atoms with Crippen LogP contribution in [0.3, 0.4) is 0 Å². The Labute approximate surface area is 337 Å². The number of hydrogen-bond donors (Lipinski definition) is 1. The lowest BCUT2D eigenvalue weighted by Crippen LogP contribution is -2.33. The van der Waals surface area contributed by atoms with E-state index in [0.717, 1.165) is 25.7 Å². The van der Waals surface area contributed by atoms with Crippen molar-refractivity contribution < 1.29 is 61.1 Å². The molecule has 0 aromatic carbocycles. The molecule has 4 atom stereocenters. The van der Waals surface area contributed by atoms with Gasteiger partial charge in [0.2, 0.25) is 13.6 Å². The fourth-order valence-electron chi connectivity index (χ4n) is 7.01. The second-order valence-electron chi connectivity index (χ2n) is 16.2. The Kier molecular flexibility index (Phi) is 13.7. The summed E-state index contributed by atoms with van der Waals surface area (Å²) in [5.41, 5.74) is -0.727. The number of anilines is 1. The Hall–Kier alpha value is -3.14. The molecule has 17 nitrogen and oxygen atoms in total. The van der Waals surface area contributed by atoms with Crippen LogP contribution in [-0.2, 0) is 61.1 Å². The Morgan fingerprint density at radius 1 is 0.965 bits per heavy atom.